The predicted octanol–water partition coefficient (Wildman–Crippen LogP) is 4.23. The van der Waals surface area contributed by atoms with E-state index in [0.29, 0.717) is 16.6 Å². The number of carbonyl (C=O) groups excluding carboxylic acids is 1. The SMILES string of the molecule is Cc1ccccc1C(=O)N[C@H](C)c1nc2ccccc2n1C(F)F. The summed E-state index contributed by atoms with van der Waals surface area (Å²) < 4.78 is 27.8. The van der Waals surface area contributed by atoms with Gasteiger partial charge in [0, 0.05) is 5.56 Å². The molecule has 0 radical (unpaired) electrons. The summed E-state index contributed by atoms with van der Waals surface area (Å²) in [6, 6.07) is 13.2. The molecule has 0 aliphatic heterocycles. The number of para-hydroxylation sites is 2. The van der Waals surface area contributed by atoms with Crippen LogP contribution in [0.25, 0.3) is 11.0 Å². The van der Waals surface area contributed by atoms with Gasteiger partial charge in [-0.25, -0.2) is 4.98 Å². The third-order valence-electron chi connectivity index (χ3n) is 3.94. The van der Waals surface area contributed by atoms with Crippen molar-refractivity contribution in [2.24, 2.45) is 0 Å². The Labute approximate surface area is 138 Å². The Balaban J connectivity index is 1.94. The number of hydrogen-bond acceptors (Lipinski definition) is 2. The molecule has 0 saturated carbocycles. The van der Waals surface area contributed by atoms with Gasteiger partial charge in [-0.05, 0) is 37.6 Å². The van der Waals surface area contributed by atoms with Gasteiger partial charge in [0.1, 0.15) is 5.82 Å². The van der Waals surface area contributed by atoms with E-state index in [2.05, 4.69) is 10.3 Å². The minimum absolute atomic E-state index is 0.133. The van der Waals surface area contributed by atoms with E-state index in [4.69, 9.17) is 0 Å². The number of alkyl halides is 2. The highest BCUT2D eigenvalue weighted by molar-refractivity contribution is 5.95. The molecule has 0 spiro atoms. The van der Waals surface area contributed by atoms with E-state index >= 15 is 0 Å². The fourth-order valence-corrected chi connectivity index (χ4v) is 2.74. The third kappa shape index (κ3) is 2.87. The van der Waals surface area contributed by atoms with Crippen molar-refractivity contribution in [3.05, 3.63) is 65.5 Å². The van der Waals surface area contributed by atoms with Crippen molar-refractivity contribution < 1.29 is 13.6 Å². The molecule has 1 atom stereocenters. The van der Waals surface area contributed by atoms with Crippen LogP contribution in [-0.4, -0.2) is 15.5 Å². The van der Waals surface area contributed by atoms with Crippen LogP contribution in [0.2, 0.25) is 0 Å². The fourth-order valence-electron chi connectivity index (χ4n) is 2.74. The lowest BCUT2D eigenvalue weighted by atomic mass is 10.1. The summed E-state index contributed by atoms with van der Waals surface area (Å²) in [4.78, 5) is 16.7. The molecule has 0 aliphatic carbocycles. The number of nitrogens with one attached hydrogen (secondary N) is 1. The lowest BCUT2D eigenvalue weighted by molar-refractivity contribution is 0.0687. The molecule has 1 N–H and O–H groups in total. The van der Waals surface area contributed by atoms with Crippen LogP contribution in [0.15, 0.2) is 48.5 Å². The standard InChI is InChI=1S/C18H17F2N3O/c1-11-7-3-4-8-13(11)17(24)21-12(2)16-22-14-9-5-6-10-15(14)23(16)18(19)20/h3-10,12,18H,1-2H3,(H,21,24)/t12-/m1/s1. The molecule has 0 bridgehead atoms. The van der Waals surface area contributed by atoms with Gasteiger partial charge in [-0.2, -0.15) is 8.78 Å². The molecule has 2 aromatic carbocycles. The van der Waals surface area contributed by atoms with Crippen molar-refractivity contribution in [1.29, 1.82) is 0 Å². The Morgan fingerprint density at radius 1 is 1.12 bits per heavy atom. The van der Waals surface area contributed by atoms with E-state index in [9.17, 15) is 13.6 Å². The number of amides is 1. The van der Waals surface area contributed by atoms with Crippen molar-refractivity contribution in [3.63, 3.8) is 0 Å². The average Bonchev–Trinajstić information content (AvgIpc) is 2.95. The molecule has 3 rings (SSSR count). The lowest BCUT2D eigenvalue weighted by Crippen LogP contribution is -2.29. The van der Waals surface area contributed by atoms with Gasteiger partial charge < -0.3 is 5.32 Å². The Kier molecular flexibility index (Phi) is 4.29. The minimum Gasteiger partial charge on any atom is -0.342 e. The molecular formula is C18H17F2N3O. The molecule has 1 amide bonds. The van der Waals surface area contributed by atoms with E-state index in [0.717, 1.165) is 10.1 Å². The molecule has 6 heteroatoms. The number of nitrogens with zero attached hydrogens (tertiary/aromatic N) is 2. The maximum absolute atomic E-state index is 13.5. The van der Waals surface area contributed by atoms with Gasteiger partial charge in [0.05, 0.1) is 17.1 Å². The number of carbonyl (C=O) groups is 1. The Morgan fingerprint density at radius 3 is 2.50 bits per heavy atom. The van der Waals surface area contributed by atoms with Crippen LogP contribution in [0.3, 0.4) is 0 Å². The second kappa shape index (κ2) is 6.39. The first-order valence-corrected chi connectivity index (χ1v) is 7.60. The largest absolute Gasteiger partial charge is 0.342 e. The zero-order valence-electron chi connectivity index (χ0n) is 13.3. The number of hydrogen-bond donors (Lipinski definition) is 1. The molecule has 1 aromatic heterocycles. The average molecular weight is 329 g/mol. The lowest BCUT2D eigenvalue weighted by Gasteiger charge is -2.16. The molecule has 0 aliphatic rings. The van der Waals surface area contributed by atoms with Crippen molar-refractivity contribution in [3.8, 4) is 0 Å². The van der Waals surface area contributed by atoms with E-state index in [1.165, 1.54) is 0 Å². The maximum Gasteiger partial charge on any atom is 0.320 e. The fraction of sp³-hybridized carbons (Fsp3) is 0.222. The van der Waals surface area contributed by atoms with E-state index in [1.54, 1.807) is 43.3 Å². The van der Waals surface area contributed by atoms with Crippen LogP contribution < -0.4 is 5.32 Å². The molecule has 124 valence electrons. The Morgan fingerprint density at radius 2 is 1.79 bits per heavy atom. The van der Waals surface area contributed by atoms with Crippen molar-refractivity contribution in [2.45, 2.75) is 26.4 Å². The summed E-state index contributed by atoms with van der Waals surface area (Å²) in [5, 5.41) is 2.75. The Bertz CT molecular complexity index is 889. The first kappa shape index (κ1) is 16.1. The second-order valence-corrected chi connectivity index (χ2v) is 5.62. The topological polar surface area (TPSA) is 46.9 Å². The molecule has 4 nitrogen and oxygen atoms in total. The number of rotatable bonds is 4. The smallest absolute Gasteiger partial charge is 0.320 e. The number of fused-ring (bicyclic) bond motifs is 1. The number of aromatic nitrogens is 2. The zero-order valence-corrected chi connectivity index (χ0v) is 13.3. The highest BCUT2D eigenvalue weighted by atomic mass is 19.3. The van der Waals surface area contributed by atoms with Gasteiger partial charge >= 0.3 is 6.55 Å². The van der Waals surface area contributed by atoms with E-state index < -0.39 is 12.6 Å². The van der Waals surface area contributed by atoms with Crippen molar-refractivity contribution in [1.82, 2.24) is 14.9 Å². The van der Waals surface area contributed by atoms with Crippen molar-refractivity contribution in [2.75, 3.05) is 0 Å². The van der Waals surface area contributed by atoms with Gasteiger partial charge in [-0.3, -0.25) is 9.36 Å². The van der Waals surface area contributed by atoms with Crippen LogP contribution in [-0.2, 0) is 0 Å². The van der Waals surface area contributed by atoms with Crippen LogP contribution in [0, 0.1) is 6.92 Å². The van der Waals surface area contributed by atoms with Gasteiger partial charge in [0.2, 0.25) is 0 Å². The van der Waals surface area contributed by atoms with Crippen LogP contribution >= 0.6 is 0 Å². The van der Waals surface area contributed by atoms with Crippen LogP contribution in [0.5, 0.6) is 0 Å². The first-order valence-electron chi connectivity index (χ1n) is 7.60. The Hall–Kier alpha value is -2.76. The highest BCUT2D eigenvalue weighted by Gasteiger charge is 2.23. The van der Waals surface area contributed by atoms with E-state index in [-0.39, 0.29) is 11.7 Å². The quantitative estimate of drug-likeness (QED) is 0.778. The molecule has 3 aromatic rings. The van der Waals surface area contributed by atoms with Crippen LogP contribution in [0.1, 0.15) is 41.3 Å². The number of halogens is 2. The number of aryl methyl sites for hydroxylation is 1. The molecule has 1 heterocycles. The van der Waals surface area contributed by atoms with Gasteiger partial charge in [0.25, 0.3) is 5.91 Å². The summed E-state index contributed by atoms with van der Waals surface area (Å²) in [6.07, 6.45) is 0. The first-order chi connectivity index (χ1) is 11.5. The minimum atomic E-state index is -2.73. The van der Waals surface area contributed by atoms with Gasteiger partial charge in [-0.1, -0.05) is 30.3 Å². The number of imidazole rings is 1. The molecule has 24 heavy (non-hydrogen) atoms. The summed E-state index contributed by atoms with van der Waals surface area (Å²) >= 11 is 0. The molecule has 0 fully saturated rings. The zero-order chi connectivity index (χ0) is 17.3. The molecular weight excluding hydrogens is 312 g/mol. The normalized spacial score (nSPS) is 12.5. The predicted molar refractivity (Wildman–Crippen MR) is 88.0 cm³/mol. The summed E-state index contributed by atoms with van der Waals surface area (Å²) in [5.41, 5.74) is 2.16. The van der Waals surface area contributed by atoms with Crippen molar-refractivity contribution >= 4 is 16.9 Å². The maximum atomic E-state index is 13.5. The van der Waals surface area contributed by atoms with E-state index in [1.807, 2.05) is 19.1 Å². The molecule has 0 saturated heterocycles. The monoisotopic (exact) mass is 329 g/mol. The van der Waals surface area contributed by atoms with Gasteiger partial charge in [0.15, 0.2) is 0 Å². The molecule has 0 unspecified atom stereocenters. The summed E-state index contributed by atoms with van der Waals surface area (Å²) in [7, 11) is 0. The summed E-state index contributed by atoms with van der Waals surface area (Å²) in [6.45, 7) is 0.745. The highest BCUT2D eigenvalue weighted by Crippen LogP contribution is 2.26. The van der Waals surface area contributed by atoms with Crippen LogP contribution in [0.4, 0.5) is 8.78 Å². The third-order valence-corrected chi connectivity index (χ3v) is 3.94. The van der Waals surface area contributed by atoms with Gasteiger partial charge in [-0.15, -0.1) is 0 Å². The number of benzene rings is 2. The second-order valence-electron chi connectivity index (χ2n) is 5.62. The summed E-state index contributed by atoms with van der Waals surface area (Å²) in [5.74, 6) is -0.179.